The summed E-state index contributed by atoms with van der Waals surface area (Å²) in [5.41, 5.74) is 0.290. The van der Waals surface area contributed by atoms with Gasteiger partial charge in [0.2, 0.25) is 0 Å². The molecule has 1 saturated carbocycles. The largest absolute Gasteiger partial charge is 0.462 e. The standard InChI is InChI=1S/C30H57NO8/c1-28(34,35)15-8-4-2-3-6-12-25(13-7-5-9-16-30(36,37)38)27(33)39-26-14-17-29(24-26)18-21-31(22-19-29)20-10-11-23-32/h25-26,32,34-38H,2-24H2,1H3. The summed E-state index contributed by atoms with van der Waals surface area (Å²) in [6.07, 6.45) is 15.5. The molecule has 9 heteroatoms. The fourth-order valence-electron chi connectivity index (χ4n) is 6.36. The van der Waals surface area contributed by atoms with Crippen LogP contribution in [0.3, 0.4) is 0 Å². The van der Waals surface area contributed by atoms with Gasteiger partial charge in [0.05, 0.1) is 5.92 Å². The molecule has 2 fully saturated rings. The third-order valence-corrected chi connectivity index (χ3v) is 8.84. The first-order chi connectivity index (χ1) is 18.4. The van der Waals surface area contributed by atoms with Crippen LogP contribution < -0.4 is 0 Å². The number of piperidine rings is 1. The van der Waals surface area contributed by atoms with Gasteiger partial charge in [0.15, 0.2) is 5.79 Å². The second kappa shape index (κ2) is 17.2. The molecule has 6 N–H and O–H groups in total. The first kappa shape index (κ1) is 34.4. The van der Waals surface area contributed by atoms with Crippen LogP contribution in [0.2, 0.25) is 0 Å². The summed E-state index contributed by atoms with van der Waals surface area (Å²) in [5, 5.41) is 55.1. The van der Waals surface area contributed by atoms with Crippen LogP contribution >= 0.6 is 0 Å². The maximum absolute atomic E-state index is 13.2. The first-order valence-corrected chi connectivity index (χ1v) is 15.6. The molecule has 2 rings (SSSR count). The molecule has 0 bridgehead atoms. The fourth-order valence-corrected chi connectivity index (χ4v) is 6.36. The number of rotatable bonds is 20. The van der Waals surface area contributed by atoms with E-state index in [9.17, 15) is 15.0 Å². The van der Waals surface area contributed by atoms with Crippen molar-refractivity contribution in [1.82, 2.24) is 4.90 Å². The summed E-state index contributed by atoms with van der Waals surface area (Å²) >= 11 is 0. The molecule has 39 heavy (non-hydrogen) atoms. The zero-order valence-electron chi connectivity index (χ0n) is 24.4. The third-order valence-electron chi connectivity index (χ3n) is 8.84. The van der Waals surface area contributed by atoms with Gasteiger partial charge in [0.1, 0.15) is 6.10 Å². The van der Waals surface area contributed by atoms with Crippen molar-refractivity contribution in [3.63, 3.8) is 0 Å². The van der Waals surface area contributed by atoms with Crippen molar-refractivity contribution in [2.75, 3.05) is 26.2 Å². The highest BCUT2D eigenvalue weighted by Gasteiger charge is 2.43. The summed E-state index contributed by atoms with van der Waals surface area (Å²) in [5.74, 6) is -4.51. The van der Waals surface area contributed by atoms with Gasteiger partial charge >= 0.3 is 5.97 Å². The van der Waals surface area contributed by atoms with Crippen molar-refractivity contribution in [2.24, 2.45) is 11.3 Å². The number of nitrogens with zero attached hydrogens (tertiary/aromatic N) is 1. The Morgan fingerprint density at radius 2 is 1.44 bits per heavy atom. The third kappa shape index (κ3) is 15.1. The van der Waals surface area contributed by atoms with Gasteiger partial charge in [-0.25, -0.2) is 0 Å². The smallest absolute Gasteiger partial charge is 0.309 e. The van der Waals surface area contributed by atoms with E-state index in [2.05, 4.69) is 4.90 Å². The van der Waals surface area contributed by atoms with E-state index in [1.54, 1.807) is 0 Å². The van der Waals surface area contributed by atoms with Gasteiger partial charge in [-0.2, -0.15) is 0 Å². The van der Waals surface area contributed by atoms with Gasteiger partial charge in [-0.1, -0.05) is 38.5 Å². The summed E-state index contributed by atoms with van der Waals surface area (Å²) in [6.45, 7) is 4.88. The number of unbranched alkanes of at least 4 members (excludes halogenated alkanes) is 7. The zero-order chi connectivity index (χ0) is 28.8. The molecule has 1 aliphatic carbocycles. The maximum Gasteiger partial charge on any atom is 0.309 e. The number of hydrogen-bond donors (Lipinski definition) is 6. The van der Waals surface area contributed by atoms with Gasteiger partial charge in [-0.05, 0) is 103 Å². The first-order valence-electron chi connectivity index (χ1n) is 15.6. The molecular weight excluding hydrogens is 502 g/mol. The monoisotopic (exact) mass is 559 g/mol. The van der Waals surface area contributed by atoms with Gasteiger partial charge in [-0.3, -0.25) is 4.79 Å². The molecule has 2 atom stereocenters. The van der Waals surface area contributed by atoms with Crippen LogP contribution in [-0.2, 0) is 9.53 Å². The molecule has 9 nitrogen and oxygen atoms in total. The van der Waals surface area contributed by atoms with Crippen LogP contribution in [0, 0.1) is 11.3 Å². The van der Waals surface area contributed by atoms with Crippen molar-refractivity contribution in [1.29, 1.82) is 0 Å². The lowest BCUT2D eigenvalue weighted by molar-refractivity contribution is -0.315. The van der Waals surface area contributed by atoms with Crippen LogP contribution in [0.4, 0.5) is 0 Å². The second-order valence-electron chi connectivity index (χ2n) is 12.7. The van der Waals surface area contributed by atoms with Crippen LogP contribution in [0.25, 0.3) is 0 Å². The molecule has 0 aromatic carbocycles. The zero-order valence-corrected chi connectivity index (χ0v) is 24.4. The summed E-state index contributed by atoms with van der Waals surface area (Å²) in [4.78, 5) is 15.7. The Kier molecular flexibility index (Phi) is 15.2. The van der Waals surface area contributed by atoms with E-state index >= 15 is 0 Å². The predicted octanol–water partition coefficient (Wildman–Crippen LogP) is 3.57. The molecular formula is C30H57NO8. The lowest BCUT2D eigenvalue weighted by atomic mass is 9.77. The summed E-state index contributed by atoms with van der Waals surface area (Å²) in [7, 11) is 0. The number of likely N-dealkylation sites (tertiary alicyclic amines) is 1. The molecule has 2 aliphatic rings. The van der Waals surface area contributed by atoms with Crippen LogP contribution in [0.15, 0.2) is 0 Å². The predicted molar refractivity (Wildman–Crippen MR) is 149 cm³/mol. The Hall–Kier alpha value is -0.810. The van der Waals surface area contributed by atoms with Crippen molar-refractivity contribution < 1.29 is 40.2 Å². The minimum atomic E-state index is -2.63. The molecule has 0 aromatic rings. The van der Waals surface area contributed by atoms with Crippen molar-refractivity contribution in [3.8, 4) is 0 Å². The minimum Gasteiger partial charge on any atom is -0.462 e. The fraction of sp³-hybridized carbons (Fsp3) is 0.967. The quantitative estimate of drug-likeness (QED) is 0.0747. The second-order valence-corrected chi connectivity index (χ2v) is 12.7. The lowest BCUT2D eigenvalue weighted by Crippen LogP contribution is -2.39. The highest BCUT2D eigenvalue weighted by molar-refractivity contribution is 5.72. The molecule has 230 valence electrons. The highest BCUT2D eigenvalue weighted by Crippen LogP contribution is 2.47. The number of hydrogen-bond acceptors (Lipinski definition) is 9. The van der Waals surface area contributed by atoms with E-state index in [-0.39, 0.29) is 31.0 Å². The van der Waals surface area contributed by atoms with E-state index in [1.165, 1.54) is 6.92 Å². The molecule has 0 radical (unpaired) electrons. The lowest BCUT2D eigenvalue weighted by Gasteiger charge is -2.39. The normalized spacial score (nSPS) is 20.9. The number of aliphatic hydroxyl groups excluding tert-OH is 1. The minimum absolute atomic E-state index is 0.00834. The van der Waals surface area contributed by atoms with E-state index < -0.39 is 11.8 Å². The van der Waals surface area contributed by atoms with Gasteiger partial charge in [-0.15, -0.1) is 0 Å². The van der Waals surface area contributed by atoms with Gasteiger partial charge in [0.25, 0.3) is 5.97 Å². The maximum atomic E-state index is 13.2. The molecule has 1 aliphatic heterocycles. The van der Waals surface area contributed by atoms with Crippen molar-refractivity contribution in [3.05, 3.63) is 0 Å². The van der Waals surface area contributed by atoms with E-state index in [4.69, 9.17) is 25.2 Å². The van der Waals surface area contributed by atoms with E-state index in [0.717, 1.165) is 110 Å². The average molecular weight is 560 g/mol. The Labute approximate surface area is 235 Å². The van der Waals surface area contributed by atoms with Crippen LogP contribution in [0.1, 0.15) is 129 Å². The SMILES string of the molecule is CC(O)(O)CCCCCCCC(CCCCCC(O)(O)O)C(=O)OC1CCC2(CCN(CCCCO)CC2)C1. The summed E-state index contributed by atoms with van der Waals surface area (Å²) < 4.78 is 6.10. The number of aliphatic hydroxyl groups is 6. The number of carbonyl (C=O) groups excluding carboxylic acids is 1. The topological polar surface area (TPSA) is 151 Å². The van der Waals surface area contributed by atoms with Gasteiger partial charge < -0.3 is 40.3 Å². The van der Waals surface area contributed by atoms with Crippen molar-refractivity contribution in [2.45, 2.75) is 147 Å². The summed E-state index contributed by atoms with van der Waals surface area (Å²) in [6, 6.07) is 0. The van der Waals surface area contributed by atoms with Crippen LogP contribution in [0.5, 0.6) is 0 Å². The molecule has 1 heterocycles. The Morgan fingerprint density at radius 3 is 2.05 bits per heavy atom. The average Bonchev–Trinajstić information content (AvgIpc) is 3.23. The number of carbonyl (C=O) groups is 1. The van der Waals surface area contributed by atoms with E-state index in [1.807, 2.05) is 0 Å². The highest BCUT2D eigenvalue weighted by atomic mass is 16.7. The van der Waals surface area contributed by atoms with Gasteiger partial charge in [0, 0.05) is 19.4 Å². The Bertz CT molecular complexity index is 667. The Morgan fingerprint density at radius 1 is 0.846 bits per heavy atom. The van der Waals surface area contributed by atoms with Crippen LogP contribution in [-0.4, -0.2) is 85.6 Å². The van der Waals surface area contributed by atoms with Crippen molar-refractivity contribution >= 4 is 5.97 Å². The molecule has 1 spiro atoms. The Balaban J connectivity index is 1.76. The number of ether oxygens (including phenoxy) is 1. The molecule has 0 aromatic heterocycles. The molecule has 0 amide bonds. The molecule has 1 saturated heterocycles. The molecule has 2 unspecified atom stereocenters. The van der Waals surface area contributed by atoms with E-state index in [0.29, 0.717) is 31.1 Å². The number of esters is 1.